The van der Waals surface area contributed by atoms with Crippen LogP contribution >= 0.6 is 0 Å². The molecule has 1 unspecified atom stereocenters. The van der Waals surface area contributed by atoms with Crippen molar-refractivity contribution < 1.29 is 4.74 Å². The second-order valence-electron chi connectivity index (χ2n) is 8.19. The fraction of sp³-hybridized carbons (Fsp3) is 1.00. The Morgan fingerprint density at radius 3 is 2.29 bits per heavy atom. The number of hydrogen-bond acceptors (Lipinski definition) is 2. The van der Waals surface area contributed by atoms with E-state index < -0.39 is 0 Å². The van der Waals surface area contributed by atoms with Gasteiger partial charge in [0.2, 0.25) is 0 Å². The Morgan fingerprint density at radius 2 is 1.76 bits per heavy atom. The maximum absolute atomic E-state index is 6.41. The first kappa shape index (κ1) is 17.3. The van der Waals surface area contributed by atoms with Crippen LogP contribution in [0.1, 0.15) is 85.5 Å². The third kappa shape index (κ3) is 4.96. The Bertz CT molecular complexity index is 299. The molecule has 0 amide bonds. The molecule has 0 aliphatic heterocycles. The molecular formula is C19H37NO. The average molecular weight is 296 g/mol. The lowest BCUT2D eigenvalue weighted by atomic mass is 9.67. The second kappa shape index (κ2) is 7.46. The van der Waals surface area contributed by atoms with Crippen molar-refractivity contribution in [1.82, 2.24) is 5.32 Å². The van der Waals surface area contributed by atoms with Crippen LogP contribution in [0.3, 0.4) is 0 Å². The van der Waals surface area contributed by atoms with E-state index in [0.29, 0.717) is 11.5 Å². The predicted molar refractivity (Wildman–Crippen MR) is 90.6 cm³/mol. The fourth-order valence-corrected chi connectivity index (χ4v) is 3.91. The highest BCUT2D eigenvalue weighted by Crippen LogP contribution is 2.45. The van der Waals surface area contributed by atoms with Gasteiger partial charge in [0.1, 0.15) is 0 Å². The second-order valence-corrected chi connectivity index (χ2v) is 8.19. The molecular weight excluding hydrogens is 258 g/mol. The van der Waals surface area contributed by atoms with Gasteiger partial charge in [-0.25, -0.2) is 0 Å². The van der Waals surface area contributed by atoms with Crippen molar-refractivity contribution in [1.29, 1.82) is 0 Å². The molecule has 2 aliphatic rings. The van der Waals surface area contributed by atoms with E-state index in [1.807, 2.05) is 0 Å². The first-order chi connectivity index (χ1) is 10.0. The largest absolute Gasteiger partial charge is 0.374 e. The molecule has 2 fully saturated rings. The number of nitrogens with one attached hydrogen (secondary N) is 1. The summed E-state index contributed by atoms with van der Waals surface area (Å²) >= 11 is 0. The van der Waals surface area contributed by atoms with Gasteiger partial charge in [0, 0.05) is 12.6 Å². The minimum Gasteiger partial charge on any atom is -0.374 e. The average Bonchev–Trinajstić information content (AvgIpc) is 3.26. The zero-order valence-corrected chi connectivity index (χ0v) is 14.8. The lowest BCUT2D eigenvalue weighted by Crippen LogP contribution is -2.55. The third-order valence-corrected chi connectivity index (χ3v) is 5.72. The van der Waals surface area contributed by atoms with Crippen LogP contribution in [-0.2, 0) is 4.74 Å². The van der Waals surface area contributed by atoms with E-state index in [4.69, 9.17) is 4.74 Å². The molecule has 0 aromatic heterocycles. The molecule has 0 radical (unpaired) electrons. The van der Waals surface area contributed by atoms with Gasteiger partial charge < -0.3 is 10.1 Å². The van der Waals surface area contributed by atoms with E-state index in [0.717, 1.165) is 19.1 Å². The maximum Gasteiger partial charge on any atom is 0.0834 e. The van der Waals surface area contributed by atoms with Crippen molar-refractivity contribution in [2.24, 2.45) is 11.3 Å². The van der Waals surface area contributed by atoms with Crippen LogP contribution in [0.5, 0.6) is 0 Å². The minimum atomic E-state index is 0.105. The smallest absolute Gasteiger partial charge is 0.0834 e. The van der Waals surface area contributed by atoms with Gasteiger partial charge in [0.05, 0.1) is 5.60 Å². The minimum absolute atomic E-state index is 0.105. The molecule has 1 atom stereocenters. The first-order valence-electron chi connectivity index (χ1n) is 9.39. The molecule has 0 bridgehead atoms. The van der Waals surface area contributed by atoms with Crippen LogP contribution in [0.15, 0.2) is 0 Å². The van der Waals surface area contributed by atoms with Crippen molar-refractivity contribution in [3.63, 3.8) is 0 Å². The van der Waals surface area contributed by atoms with Crippen LogP contribution in [0.2, 0.25) is 0 Å². The van der Waals surface area contributed by atoms with E-state index in [1.165, 1.54) is 57.8 Å². The van der Waals surface area contributed by atoms with Crippen molar-refractivity contribution in [2.45, 2.75) is 97.1 Å². The van der Waals surface area contributed by atoms with Crippen LogP contribution in [0, 0.1) is 11.3 Å². The van der Waals surface area contributed by atoms with Crippen molar-refractivity contribution in [2.75, 3.05) is 13.2 Å². The van der Waals surface area contributed by atoms with Gasteiger partial charge in [-0.15, -0.1) is 0 Å². The Labute approximate surface area is 132 Å². The van der Waals surface area contributed by atoms with Gasteiger partial charge in [0.15, 0.2) is 0 Å². The molecule has 0 heterocycles. The Hall–Kier alpha value is -0.0800. The predicted octanol–water partition coefficient (Wildman–Crippen LogP) is 4.92. The van der Waals surface area contributed by atoms with Crippen LogP contribution in [0.4, 0.5) is 0 Å². The summed E-state index contributed by atoms with van der Waals surface area (Å²) in [6, 6.07) is 0.564. The summed E-state index contributed by atoms with van der Waals surface area (Å²) in [6.45, 7) is 11.3. The van der Waals surface area contributed by atoms with Gasteiger partial charge in [-0.3, -0.25) is 0 Å². The molecule has 21 heavy (non-hydrogen) atoms. The molecule has 2 nitrogen and oxygen atoms in total. The standard InChI is InChI=1S/C19H37NO/c1-5-15-20-17(10-9-16-7-8-16)19(21-6-2)13-11-18(3,4)12-14-19/h16-17,20H,5-15H2,1-4H3. The summed E-state index contributed by atoms with van der Waals surface area (Å²) in [5.41, 5.74) is 0.612. The topological polar surface area (TPSA) is 21.3 Å². The van der Waals surface area contributed by atoms with E-state index in [9.17, 15) is 0 Å². The lowest BCUT2D eigenvalue weighted by Gasteiger charge is -2.48. The third-order valence-electron chi connectivity index (χ3n) is 5.72. The van der Waals surface area contributed by atoms with Crippen LogP contribution in [0.25, 0.3) is 0 Å². The molecule has 2 aliphatic carbocycles. The van der Waals surface area contributed by atoms with Gasteiger partial charge >= 0.3 is 0 Å². The SMILES string of the molecule is CCCNC(CCC1CC1)C1(OCC)CCC(C)(C)CC1. The molecule has 0 spiro atoms. The Kier molecular flexibility index (Phi) is 6.14. The zero-order valence-electron chi connectivity index (χ0n) is 14.8. The molecule has 2 rings (SSSR count). The highest BCUT2D eigenvalue weighted by atomic mass is 16.5. The quantitative estimate of drug-likeness (QED) is 0.652. The molecule has 2 saturated carbocycles. The highest BCUT2D eigenvalue weighted by molar-refractivity contribution is 4.99. The number of hydrogen-bond donors (Lipinski definition) is 1. The Balaban J connectivity index is 2.02. The maximum atomic E-state index is 6.41. The Morgan fingerprint density at radius 1 is 1.10 bits per heavy atom. The fourth-order valence-electron chi connectivity index (χ4n) is 3.91. The lowest BCUT2D eigenvalue weighted by molar-refractivity contribution is -0.108. The summed E-state index contributed by atoms with van der Waals surface area (Å²) in [5.74, 6) is 1.02. The van der Waals surface area contributed by atoms with Crippen molar-refractivity contribution >= 4 is 0 Å². The molecule has 0 aromatic carbocycles. The first-order valence-corrected chi connectivity index (χ1v) is 9.39. The highest BCUT2D eigenvalue weighted by Gasteiger charge is 2.44. The normalized spacial score (nSPS) is 25.7. The van der Waals surface area contributed by atoms with Crippen molar-refractivity contribution in [3.05, 3.63) is 0 Å². The van der Waals surface area contributed by atoms with E-state index >= 15 is 0 Å². The van der Waals surface area contributed by atoms with Gasteiger partial charge in [-0.05, 0) is 69.7 Å². The molecule has 0 aromatic rings. The van der Waals surface area contributed by atoms with Gasteiger partial charge in [0.25, 0.3) is 0 Å². The van der Waals surface area contributed by atoms with Gasteiger partial charge in [-0.1, -0.05) is 33.6 Å². The zero-order chi connectivity index (χ0) is 15.3. The summed E-state index contributed by atoms with van der Waals surface area (Å²) in [4.78, 5) is 0. The number of rotatable bonds is 9. The summed E-state index contributed by atoms with van der Waals surface area (Å²) in [5, 5.41) is 3.85. The van der Waals surface area contributed by atoms with E-state index in [1.54, 1.807) is 0 Å². The van der Waals surface area contributed by atoms with Crippen LogP contribution in [-0.4, -0.2) is 24.8 Å². The summed E-state index contributed by atoms with van der Waals surface area (Å²) in [6.07, 6.45) is 11.9. The number of ether oxygens (including phenoxy) is 1. The van der Waals surface area contributed by atoms with Gasteiger partial charge in [-0.2, -0.15) is 0 Å². The van der Waals surface area contributed by atoms with E-state index in [-0.39, 0.29) is 5.60 Å². The summed E-state index contributed by atoms with van der Waals surface area (Å²) in [7, 11) is 0. The monoisotopic (exact) mass is 295 g/mol. The van der Waals surface area contributed by atoms with E-state index in [2.05, 4.69) is 33.0 Å². The van der Waals surface area contributed by atoms with Crippen LogP contribution < -0.4 is 5.32 Å². The molecule has 2 heteroatoms. The van der Waals surface area contributed by atoms with Crippen molar-refractivity contribution in [3.8, 4) is 0 Å². The molecule has 1 N–H and O–H groups in total. The molecule has 124 valence electrons. The summed E-state index contributed by atoms with van der Waals surface area (Å²) < 4.78 is 6.41. The molecule has 0 saturated heterocycles.